The van der Waals surface area contributed by atoms with Crippen molar-refractivity contribution in [1.29, 1.82) is 0 Å². The normalized spacial score (nSPS) is 13.9. The van der Waals surface area contributed by atoms with Crippen LogP contribution in [0.5, 0.6) is 0 Å². The van der Waals surface area contributed by atoms with Gasteiger partial charge in [-0.15, -0.1) is 0 Å². The Bertz CT molecular complexity index is 1340. The van der Waals surface area contributed by atoms with E-state index in [-0.39, 0.29) is 23.5 Å². The molecule has 0 radical (unpaired) electrons. The summed E-state index contributed by atoms with van der Waals surface area (Å²) in [5, 5.41) is 0. The molecule has 0 unspecified atom stereocenters. The molecule has 0 amide bonds. The zero-order valence-electron chi connectivity index (χ0n) is 23.1. The van der Waals surface area contributed by atoms with Gasteiger partial charge >= 0.3 is 5.97 Å². The van der Waals surface area contributed by atoms with E-state index in [0.717, 1.165) is 62.3 Å². The Hall–Kier alpha value is -4.10. The van der Waals surface area contributed by atoms with E-state index in [1.54, 1.807) is 18.3 Å². The lowest BCUT2D eigenvalue weighted by molar-refractivity contribution is 0.0509. The number of carbonyl (C=O) groups excluding carboxylic acids is 1. The summed E-state index contributed by atoms with van der Waals surface area (Å²) in [6.45, 7) is 4.49. The molecule has 0 bridgehead atoms. The van der Waals surface area contributed by atoms with Crippen LogP contribution >= 0.6 is 0 Å². The summed E-state index contributed by atoms with van der Waals surface area (Å²) in [6, 6.07) is 26.7. The largest absolute Gasteiger partial charge is 0.462 e. The Morgan fingerprint density at radius 2 is 1.44 bits per heavy atom. The number of pyridine rings is 1. The number of nitrogens with zero attached hydrogens (tertiary/aromatic N) is 3. The lowest BCUT2D eigenvalue weighted by Crippen LogP contribution is -2.47. The summed E-state index contributed by atoms with van der Waals surface area (Å²) in [6.07, 6.45) is 4.20. The van der Waals surface area contributed by atoms with E-state index >= 15 is 0 Å². The Balaban J connectivity index is 1.13. The summed E-state index contributed by atoms with van der Waals surface area (Å²) < 4.78 is 32.7. The van der Waals surface area contributed by atoms with Gasteiger partial charge in [-0.25, -0.2) is 18.6 Å². The molecular weight excluding hydrogens is 520 g/mol. The number of ether oxygens (including phenoxy) is 1. The molecule has 5 rings (SSSR count). The van der Waals surface area contributed by atoms with Crippen molar-refractivity contribution < 1.29 is 18.3 Å². The molecule has 0 atom stereocenters. The lowest BCUT2D eigenvalue weighted by Gasteiger charge is -2.36. The molecule has 212 valence electrons. The predicted molar refractivity (Wildman–Crippen MR) is 157 cm³/mol. The van der Waals surface area contributed by atoms with Crippen LogP contribution < -0.4 is 4.90 Å². The van der Waals surface area contributed by atoms with Crippen molar-refractivity contribution in [3.8, 4) is 0 Å². The van der Waals surface area contributed by atoms with Gasteiger partial charge in [0.25, 0.3) is 0 Å². The summed E-state index contributed by atoms with van der Waals surface area (Å²) in [5.74, 6) is -0.132. The van der Waals surface area contributed by atoms with Gasteiger partial charge in [-0.05, 0) is 72.5 Å². The first-order valence-corrected chi connectivity index (χ1v) is 14.2. The van der Waals surface area contributed by atoms with E-state index in [1.807, 2.05) is 54.6 Å². The highest BCUT2D eigenvalue weighted by Gasteiger charge is 2.24. The highest BCUT2D eigenvalue weighted by atomic mass is 19.1. The van der Waals surface area contributed by atoms with E-state index in [0.29, 0.717) is 24.4 Å². The van der Waals surface area contributed by atoms with Crippen molar-refractivity contribution in [1.82, 2.24) is 9.88 Å². The number of anilines is 1. The zero-order valence-corrected chi connectivity index (χ0v) is 23.1. The highest BCUT2D eigenvalue weighted by molar-refractivity contribution is 5.94. The number of halogens is 2. The molecule has 1 fully saturated rings. The van der Waals surface area contributed by atoms with Crippen molar-refractivity contribution in [2.24, 2.45) is 0 Å². The van der Waals surface area contributed by atoms with Crippen LogP contribution in [-0.4, -0.2) is 55.2 Å². The molecule has 4 aromatic rings. The molecule has 1 aromatic heterocycles. The van der Waals surface area contributed by atoms with Gasteiger partial charge in [-0.1, -0.05) is 54.6 Å². The third kappa shape index (κ3) is 7.76. The van der Waals surface area contributed by atoms with Crippen molar-refractivity contribution in [3.05, 3.63) is 131 Å². The molecule has 1 aliphatic heterocycles. The van der Waals surface area contributed by atoms with Crippen LogP contribution in [0, 0.1) is 11.6 Å². The number of esters is 1. The third-order valence-electron chi connectivity index (χ3n) is 7.66. The topological polar surface area (TPSA) is 45.7 Å². The van der Waals surface area contributed by atoms with Crippen LogP contribution in [-0.2, 0) is 11.2 Å². The maximum absolute atomic E-state index is 13.6. The second-order valence-electron chi connectivity index (χ2n) is 10.4. The van der Waals surface area contributed by atoms with Crippen LogP contribution in [0.3, 0.4) is 0 Å². The fourth-order valence-electron chi connectivity index (χ4n) is 5.41. The SMILES string of the molecule is O=C(OCCc1ccccc1)c1cccnc1N1CCN(CCCC(c2ccc(F)cc2)c2ccc(F)cc2)CC1. The lowest BCUT2D eigenvalue weighted by atomic mass is 9.87. The number of hydrogen-bond donors (Lipinski definition) is 0. The fourth-order valence-corrected chi connectivity index (χ4v) is 5.41. The van der Waals surface area contributed by atoms with Gasteiger partial charge in [0, 0.05) is 44.7 Å². The molecule has 0 N–H and O–H groups in total. The Morgan fingerprint density at radius 1 is 0.805 bits per heavy atom. The molecule has 1 saturated heterocycles. The van der Waals surface area contributed by atoms with Gasteiger partial charge in [0.15, 0.2) is 0 Å². The van der Waals surface area contributed by atoms with Crippen LogP contribution in [0.4, 0.5) is 14.6 Å². The average molecular weight is 556 g/mol. The van der Waals surface area contributed by atoms with E-state index in [2.05, 4.69) is 14.8 Å². The third-order valence-corrected chi connectivity index (χ3v) is 7.66. The fraction of sp³-hybridized carbons (Fsp3) is 0.294. The maximum Gasteiger partial charge on any atom is 0.341 e. The molecule has 2 heterocycles. The smallest absolute Gasteiger partial charge is 0.341 e. The van der Waals surface area contributed by atoms with Crippen molar-refractivity contribution in [2.75, 3.05) is 44.2 Å². The summed E-state index contributed by atoms with van der Waals surface area (Å²) in [5.41, 5.74) is 3.68. The summed E-state index contributed by atoms with van der Waals surface area (Å²) in [4.78, 5) is 22.0. The minimum atomic E-state index is -0.348. The van der Waals surface area contributed by atoms with Gasteiger partial charge in [0.2, 0.25) is 0 Å². The Morgan fingerprint density at radius 3 is 2.07 bits per heavy atom. The average Bonchev–Trinajstić information content (AvgIpc) is 3.01. The minimum Gasteiger partial charge on any atom is -0.462 e. The van der Waals surface area contributed by atoms with E-state index in [1.165, 1.54) is 24.3 Å². The first-order valence-electron chi connectivity index (χ1n) is 14.2. The van der Waals surface area contributed by atoms with E-state index < -0.39 is 0 Å². The van der Waals surface area contributed by atoms with Crippen molar-refractivity contribution in [2.45, 2.75) is 25.2 Å². The van der Waals surface area contributed by atoms with E-state index in [9.17, 15) is 13.6 Å². The molecule has 0 saturated carbocycles. The molecule has 5 nitrogen and oxygen atoms in total. The summed E-state index contributed by atoms with van der Waals surface area (Å²) >= 11 is 0. The zero-order chi connectivity index (χ0) is 28.4. The summed E-state index contributed by atoms with van der Waals surface area (Å²) in [7, 11) is 0. The second kappa shape index (κ2) is 14.0. The Kier molecular flexibility index (Phi) is 9.70. The van der Waals surface area contributed by atoms with Crippen molar-refractivity contribution >= 4 is 11.8 Å². The first kappa shape index (κ1) is 28.4. The molecular formula is C34H35F2N3O2. The number of carbonyl (C=O) groups is 1. The van der Waals surface area contributed by atoms with Crippen LogP contribution in [0.25, 0.3) is 0 Å². The molecule has 41 heavy (non-hydrogen) atoms. The van der Waals surface area contributed by atoms with Gasteiger partial charge in [-0.3, -0.25) is 4.90 Å². The molecule has 3 aromatic carbocycles. The number of benzene rings is 3. The van der Waals surface area contributed by atoms with Crippen LogP contribution in [0.15, 0.2) is 97.2 Å². The predicted octanol–water partition coefficient (Wildman–Crippen LogP) is 6.49. The number of piperazine rings is 1. The maximum atomic E-state index is 13.6. The van der Waals surface area contributed by atoms with Crippen LogP contribution in [0.2, 0.25) is 0 Å². The van der Waals surface area contributed by atoms with Crippen molar-refractivity contribution in [3.63, 3.8) is 0 Å². The number of hydrogen-bond acceptors (Lipinski definition) is 5. The first-order chi connectivity index (χ1) is 20.1. The monoisotopic (exact) mass is 555 g/mol. The van der Waals surface area contributed by atoms with Gasteiger partial charge in [-0.2, -0.15) is 0 Å². The highest BCUT2D eigenvalue weighted by Crippen LogP contribution is 2.30. The minimum absolute atomic E-state index is 0.0708. The van der Waals surface area contributed by atoms with Crippen LogP contribution in [0.1, 0.15) is 45.8 Å². The number of rotatable bonds is 11. The van der Waals surface area contributed by atoms with Gasteiger partial charge < -0.3 is 9.64 Å². The quantitative estimate of drug-likeness (QED) is 0.198. The molecule has 0 spiro atoms. The van der Waals surface area contributed by atoms with Gasteiger partial charge in [0.1, 0.15) is 23.0 Å². The Labute approximate surface area is 240 Å². The standard InChI is InChI=1S/C34H35F2N3O2/c35-29-14-10-27(11-15-29)31(28-12-16-30(36)17-13-28)9-5-20-38-21-23-39(24-22-38)33-32(8-4-19-37-33)34(40)41-25-18-26-6-2-1-3-7-26/h1-4,6-8,10-17,19,31H,5,9,18,20-25H2. The van der Waals surface area contributed by atoms with E-state index in [4.69, 9.17) is 4.74 Å². The van der Waals surface area contributed by atoms with Gasteiger partial charge in [0.05, 0.1) is 6.61 Å². The molecule has 0 aliphatic carbocycles. The second-order valence-corrected chi connectivity index (χ2v) is 10.4. The molecule has 7 heteroatoms. The molecule has 1 aliphatic rings. The number of aromatic nitrogens is 1.